The predicted octanol–water partition coefficient (Wildman–Crippen LogP) is 1.27. The van der Waals surface area contributed by atoms with E-state index >= 15 is 0 Å². The van der Waals surface area contributed by atoms with E-state index in [0.717, 1.165) is 59.5 Å². The Morgan fingerprint density at radius 2 is 0.792 bits per heavy atom. The van der Waals surface area contributed by atoms with Crippen molar-refractivity contribution in [1.82, 2.24) is 0 Å². The molecule has 3 heterocycles. The molecule has 0 radical (unpaired) electrons. The first-order valence-corrected chi connectivity index (χ1v) is 9.43. The van der Waals surface area contributed by atoms with Gasteiger partial charge in [0.1, 0.15) is 18.3 Å². The fraction of sp³-hybridized carbons (Fsp3) is 1.00. The minimum Gasteiger partial charge on any atom is -0.378 e. The number of hydrogen-bond acceptors (Lipinski definition) is 6. The van der Waals surface area contributed by atoms with Crippen molar-refractivity contribution < 1.29 is 28.4 Å². The highest BCUT2D eigenvalue weighted by Gasteiger charge is 2.32. The Morgan fingerprint density at radius 3 is 1.04 bits per heavy atom. The average Bonchev–Trinajstić information content (AvgIpc) is 3.42. The Kier molecular flexibility index (Phi) is 6.04. The van der Waals surface area contributed by atoms with E-state index in [9.17, 15) is 0 Å². The van der Waals surface area contributed by atoms with Crippen LogP contribution in [0, 0.1) is 17.8 Å². The van der Waals surface area contributed by atoms with Crippen molar-refractivity contribution in [2.75, 3.05) is 59.5 Å². The second-order valence-electron chi connectivity index (χ2n) is 7.78. The van der Waals surface area contributed by atoms with Crippen molar-refractivity contribution in [2.45, 2.75) is 37.6 Å². The Hall–Kier alpha value is -0.240. The van der Waals surface area contributed by atoms with E-state index in [4.69, 9.17) is 28.4 Å². The molecule has 0 bridgehead atoms. The maximum atomic E-state index is 5.85. The summed E-state index contributed by atoms with van der Waals surface area (Å²) in [7, 11) is 0. The summed E-state index contributed by atoms with van der Waals surface area (Å²) in [5.74, 6) is 1.82. The molecule has 0 amide bonds. The maximum absolute atomic E-state index is 5.85. The van der Waals surface area contributed by atoms with Crippen LogP contribution < -0.4 is 0 Å². The molecule has 0 aromatic heterocycles. The highest BCUT2D eigenvalue weighted by atomic mass is 16.6. The first-order chi connectivity index (χ1) is 11.8. The molecule has 4 fully saturated rings. The molecule has 24 heavy (non-hydrogen) atoms. The van der Waals surface area contributed by atoms with Gasteiger partial charge in [-0.05, 0) is 37.0 Å². The zero-order chi connectivity index (χ0) is 16.2. The third-order valence-electron chi connectivity index (χ3n) is 5.18. The monoisotopic (exact) mass is 342 g/mol. The van der Waals surface area contributed by atoms with Gasteiger partial charge in [0.25, 0.3) is 0 Å². The molecular formula is C18H30O6. The van der Waals surface area contributed by atoms with Gasteiger partial charge in [-0.15, -0.1) is 0 Å². The lowest BCUT2D eigenvalue weighted by molar-refractivity contribution is -0.00372. The van der Waals surface area contributed by atoms with Gasteiger partial charge in [0.05, 0.1) is 39.6 Å². The molecule has 1 saturated carbocycles. The number of hydrogen-bond donors (Lipinski definition) is 0. The fourth-order valence-corrected chi connectivity index (χ4v) is 3.70. The molecule has 4 aliphatic rings. The molecule has 1 aliphatic carbocycles. The van der Waals surface area contributed by atoms with Crippen molar-refractivity contribution in [1.29, 1.82) is 0 Å². The van der Waals surface area contributed by atoms with Gasteiger partial charge in [0.15, 0.2) is 0 Å². The average molecular weight is 342 g/mol. The molecule has 4 rings (SSSR count). The lowest BCUT2D eigenvalue weighted by atomic mass is 9.76. The van der Waals surface area contributed by atoms with Crippen LogP contribution in [0.15, 0.2) is 0 Å². The van der Waals surface area contributed by atoms with Gasteiger partial charge < -0.3 is 28.4 Å². The molecule has 138 valence electrons. The molecule has 3 unspecified atom stereocenters. The number of epoxide rings is 3. The zero-order valence-corrected chi connectivity index (χ0v) is 14.4. The van der Waals surface area contributed by atoms with Gasteiger partial charge in [-0.1, -0.05) is 0 Å². The molecular weight excluding hydrogens is 312 g/mol. The van der Waals surface area contributed by atoms with E-state index < -0.39 is 0 Å². The Morgan fingerprint density at radius 1 is 0.500 bits per heavy atom. The van der Waals surface area contributed by atoms with Crippen LogP contribution in [0.5, 0.6) is 0 Å². The molecule has 6 heteroatoms. The molecule has 0 aromatic rings. The molecule has 6 nitrogen and oxygen atoms in total. The van der Waals surface area contributed by atoms with Crippen molar-refractivity contribution in [3.05, 3.63) is 0 Å². The van der Waals surface area contributed by atoms with E-state index in [1.807, 2.05) is 0 Å². The summed E-state index contributed by atoms with van der Waals surface area (Å²) in [6.07, 6.45) is 4.63. The van der Waals surface area contributed by atoms with E-state index in [1.165, 1.54) is 19.3 Å². The summed E-state index contributed by atoms with van der Waals surface area (Å²) in [6, 6.07) is 0. The highest BCUT2D eigenvalue weighted by Crippen LogP contribution is 2.34. The van der Waals surface area contributed by atoms with Crippen LogP contribution in [0.4, 0.5) is 0 Å². The van der Waals surface area contributed by atoms with Gasteiger partial charge in [0, 0.05) is 19.8 Å². The third kappa shape index (κ3) is 6.24. The lowest BCUT2D eigenvalue weighted by Crippen LogP contribution is -2.31. The van der Waals surface area contributed by atoms with Crippen LogP contribution in [0.3, 0.4) is 0 Å². The largest absolute Gasteiger partial charge is 0.378 e. The van der Waals surface area contributed by atoms with Gasteiger partial charge in [-0.3, -0.25) is 0 Å². The second-order valence-corrected chi connectivity index (χ2v) is 7.78. The van der Waals surface area contributed by atoms with E-state index in [2.05, 4.69) is 0 Å². The first kappa shape index (κ1) is 17.2. The Labute approximate surface area is 144 Å². The Balaban J connectivity index is 1.18. The van der Waals surface area contributed by atoms with Crippen molar-refractivity contribution in [3.8, 4) is 0 Å². The topological polar surface area (TPSA) is 65.3 Å². The summed E-state index contributed by atoms with van der Waals surface area (Å²) >= 11 is 0. The number of ether oxygens (including phenoxy) is 6. The van der Waals surface area contributed by atoms with Crippen molar-refractivity contribution >= 4 is 0 Å². The summed E-state index contributed by atoms with van der Waals surface area (Å²) in [5.41, 5.74) is 0. The number of rotatable bonds is 12. The molecule has 3 atom stereocenters. The summed E-state index contributed by atoms with van der Waals surface area (Å²) in [4.78, 5) is 0. The molecule has 0 N–H and O–H groups in total. The van der Waals surface area contributed by atoms with E-state index in [0.29, 0.717) is 36.1 Å². The first-order valence-electron chi connectivity index (χ1n) is 9.43. The van der Waals surface area contributed by atoms with Gasteiger partial charge in [0.2, 0.25) is 0 Å². The van der Waals surface area contributed by atoms with Crippen LogP contribution in [0.2, 0.25) is 0 Å². The van der Waals surface area contributed by atoms with Crippen molar-refractivity contribution in [3.63, 3.8) is 0 Å². The molecule has 0 spiro atoms. The van der Waals surface area contributed by atoms with Crippen molar-refractivity contribution in [2.24, 2.45) is 17.8 Å². The van der Waals surface area contributed by atoms with E-state index in [-0.39, 0.29) is 0 Å². The fourth-order valence-electron chi connectivity index (χ4n) is 3.70. The second kappa shape index (κ2) is 8.43. The summed E-state index contributed by atoms with van der Waals surface area (Å²) in [6.45, 7) is 7.35. The van der Waals surface area contributed by atoms with Crippen LogP contribution >= 0.6 is 0 Å². The normalized spacial score (nSPS) is 40.5. The zero-order valence-electron chi connectivity index (χ0n) is 14.4. The smallest absolute Gasteiger partial charge is 0.104 e. The van der Waals surface area contributed by atoms with Gasteiger partial charge in [-0.2, -0.15) is 0 Å². The van der Waals surface area contributed by atoms with Gasteiger partial charge >= 0.3 is 0 Å². The molecule has 3 aliphatic heterocycles. The van der Waals surface area contributed by atoms with Crippen LogP contribution in [-0.4, -0.2) is 77.8 Å². The predicted molar refractivity (Wildman–Crippen MR) is 86.0 cm³/mol. The van der Waals surface area contributed by atoms with Crippen LogP contribution in [-0.2, 0) is 28.4 Å². The maximum Gasteiger partial charge on any atom is 0.104 e. The summed E-state index contributed by atoms with van der Waals surface area (Å²) in [5, 5.41) is 0. The summed E-state index contributed by atoms with van der Waals surface area (Å²) < 4.78 is 33.2. The Bertz CT molecular complexity index is 317. The molecule has 0 aromatic carbocycles. The quantitative estimate of drug-likeness (QED) is 0.498. The standard InChI is InChI=1S/C18H30O6/c1-13(4-19-7-16-10-22-16)2-15(6-21-9-18-12-24-18)3-14(1)5-20-8-17-11-23-17/h13-18H,1-12H2. The third-order valence-corrected chi connectivity index (χ3v) is 5.18. The van der Waals surface area contributed by atoms with E-state index in [1.54, 1.807) is 0 Å². The van der Waals surface area contributed by atoms with Crippen LogP contribution in [0.1, 0.15) is 19.3 Å². The minimum absolute atomic E-state index is 0.351. The van der Waals surface area contributed by atoms with Crippen LogP contribution in [0.25, 0.3) is 0 Å². The minimum atomic E-state index is 0.351. The SMILES string of the molecule is C(OCC1CO1)C1CC(COCC2CO2)CC(COCC2CO2)C1. The molecule has 3 saturated heterocycles. The highest BCUT2D eigenvalue weighted by molar-refractivity contribution is 4.80. The lowest BCUT2D eigenvalue weighted by Gasteiger charge is -2.34. The van der Waals surface area contributed by atoms with Gasteiger partial charge in [-0.25, -0.2) is 0 Å².